The van der Waals surface area contributed by atoms with Gasteiger partial charge in [-0.1, -0.05) is 23.2 Å². The predicted molar refractivity (Wildman–Crippen MR) is 182 cm³/mol. The summed E-state index contributed by atoms with van der Waals surface area (Å²) in [4.78, 5) is 39.2. The van der Waals surface area contributed by atoms with Crippen LogP contribution in [-0.4, -0.2) is 102 Å². The summed E-state index contributed by atoms with van der Waals surface area (Å²) in [5, 5.41) is 13.4. The van der Waals surface area contributed by atoms with Crippen molar-refractivity contribution < 1.29 is 27.8 Å². The highest BCUT2D eigenvalue weighted by Gasteiger charge is 2.49. The van der Waals surface area contributed by atoms with Crippen LogP contribution in [0.5, 0.6) is 11.5 Å². The monoisotopic (exact) mass is 719 g/mol. The van der Waals surface area contributed by atoms with Crippen molar-refractivity contribution in [3.8, 4) is 28.7 Å². The number of carbonyl (C=O) groups is 1. The molecular weight excluding hydrogens is 683 g/mol. The molecule has 4 heterocycles. The summed E-state index contributed by atoms with van der Waals surface area (Å²) in [5.41, 5.74) is -0.565. The summed E-state index contributed by atoms with van der Waals surface area (Å²) in [5.74, 6) is -2.32. The first kappa shape index (κ1) is 36.3. The minimum Gasteiger partial charge on any atom is -0.495 e. The number of alkyl halides is 2. The molecule has 262 valence electrons. The fraction of sp³-hybridized carbons (Fsp3) is 0.485. The van der Waals surface area contributed by atoms with Crippen LogP contribution in [0.3, 0.4) is 0 Å². The number of halogens is 4. The number of ether oxygens (including phenoxy) is 3. The fourth-order valence-corrected chi connectivity index (χ4v) is 6.70. The molecule has 0 bridgehead atoms. The number of hydrogen-bond acceptors (Lipinski definition) is 10. The Morgan fingerprint density at radius 1 is 1.16 bits per heavy atom. The van der Waals surface area contributed by atoms with Crippen molar-refractivity contribution in [1.82, 2.24) is 24.3 Å². The lowest BCUT2D eigenvalue weighted by Gasteiger charge is -2.47. The van der Waals surface area contributed by atoms with Gasteiger partial charge in [0.05, 0.1) is 62.2 Å². The lowest BCUT2D eigenvalue weighted by Crippen LogP contribution is -2.63. The number of hydrogen-bond donors (Lipinski definition) is 1. The molecule has 1 N–H and O–H groups in total. The molecule has 0 unspecified atom stereocenters. The maximum Gasteiger partial charge on any atom is 0.273 e. The van der Waals surface area contributed by atoms with E-state index in [0.29, 0.717) is 42.9 Å². The number of piperidine rings is 1. The van der Waals surface area contributed by atoms with Gasteiger partial charge in [-0.15, -0.1) is 0 Å². The number of aromatic nitrogens is 3. The third-order valence-corrected chi connectivity index (χ3v) is 9.55. The molecule has 2 fully saturated rings. The minimum absolute atomic E-state index is 0.0810. The molecule has 1 amide bonds. The summed E-state index contributed by atoms with van der Waals surface area (Å²) < 4.78 is 45.3. The highest BCUT2D eigenvalue weighted by Crippen LogP contribution is 2.45. The molecule has 1 aromatic carbocycles. The van der Waals surface area contributed by atoms with Crippen LogP contribution in [0.1, 0.15) is 26.7 Å². The zero-order valence-corrected chi connectivity index (χ0v) is 29.3. The number of rotatable bonds is 11. The summed E-state index contributed by atoms with van der Waals surface area (Å²) >= 11 is 13.4. The number of carbonyl (C=O) groups excluding carboxylic acids is 1. The third kappa shape index (κ3) is 7.45. The lowest BCUT2D eigenvalue weighted by molar-refractivity contribution is -0.154. The highest BCUT2D eigenvalue weighted by molar-refractivity contribution is 6.41. The first-order chi connectivity index (χ1) is 23.2. The number of nitriles is 1. The van der Waals surface area contributed by atoms with Crippen LogP contribution >= 0.6 is 23.2 Å². The SMILES string of the molecule is CNc1ncc2cc(-c3c(Cl)c(OC)cc(OC)c3Cl)c(=O)n(CCOC3CCN(C(=O)C(C#N)=CC(C)(C)N4CC(F)(F)C4)CC3)c2n1. The van der Waals surface area contributed by atoms with E-state index in [0.717, 1.165) is 0 Å². The van der Waals surface area contributed by atoms with E-state index in [-0.39, 0.29) is 57.5 Å². The summed E-state index contributed by atoms with van der Waals surface area (Å²) in [7, 11) is 4.56. The van der Waals surface area contributed by atoms with Gasteiger partial charge in [-0.25, -0.2) is 13.8 Å². The van der Waals surface area contributed by atoms with Crippen LogP contribution < -0.4 is 20.3 Å². The van der Waals surface area contributed by atoms with E-state index < -0.39 is 36.0 Å². The van der Waals surface area contributed by atoms with E-state index in [1.165, 1.54) is 35.8 Å². The van der Waals surface area contributed by atoms with Crippen molar-refractivity contribution in [3.63, 3.8) is 0 Å². The van der Waals surface area contributed by atoms with Gasteiger partial charge in [0.15, 0.2) is 0 Å². The number of pyridine rings is 1. The third-order valence-electron chi connectivity index (χ3n) is 8.80. The van der Waals surface area contributed by atoms with Gasteiger partial charge in [-0.3, -0.25) is 19.1 Å². The Labute approximate surface area is 292 Å². The van der Waals surface area contributed by atoms with Crippen LogP contribution in [0.2, 0.25) is 10.0 Å². The molecule has 49 heavy (non-hydrogen) atoms. The Morgan fingerprint density at radius 3 is 2.35 bits per heavy atom. The first-order valence-electron chi connectivity index (χ1n) is 15.6. The van der Waals surface area contributed by atoms with Crippen LogP contribution in [0.25, 0.3) is 22.2 Å². The maximum atomic E-state index is 14.1. The molecule has 16 heteroatoms. The second-order valence-corrected chi connectivity index (χ2v) is 13.2. The number of anilines is 1. The fourth-order valence-electron chi connectivity index (χ4n) is 6.00. The summed E-state index contributed by atoms with van der Waals surface area (Å²) in [6.07, 6.45) is 3.85. The van der Waals surface area contributed by atoms with E-state index in [9.17, 15) is 23.6 Å². The number of nitrogens with one attached hydrogen (secondary N) is 1. The second-order valence-electron chi connectivity index (χ2n) is 12.4. The smallest absolute Gasteiger partial charge is 0.273 e. The molecule has 3 aromatic rings. The molecule has 5 rings (SSSR count). The van der Waals surface area contributed by atoms with Crippen LogP contribution in [0.4, 0.5) is 14.7 Å². The zero-order valence-electron chi connectivity index (χ0n) is 27.8. The molecule has 0 saturated carbocycles. The number of benzene rings is 1. The van der Waals surface area contributed by atoms with E-state index in [1.807, 2.05) is 6.07 Å². The minimum atomic E-state index is -2.76. The quantitative estimate of drug-likeness (QED) is 0.213. The van der Waals surface area contributed by atoms with Crippen LogP contribution in [-0.2, 0) is 16.1 Å². The molecule has 2 aliphatic heterocycles. The van der Waals surface area contributed by atoms with Gasteiger partial charge in [-0.05, 0) is 38.8 Å². The number of nitrogens with zero attached hydrogens (tertiary/aromatic N) is 6. The molecule has 0 aliphatic carbocycles. The van der Waals surface area contributed by atoms with Crippen molar-refractivity contribution in [2.45, 2.75) is 50.8 Å². The van der Waals surface area contributed by atoms with E-state index in [4.69, 9.17) is 37.4 Å². The second kappa shape index (κ2) is 14.4. The summed E-state index contributed by atoms with van der Waals surface area (Å²) in [6, 6.07) is 5.12. The van der Waals surface area contributed by atoms with Gasteiger partial charge in [-0.2, -0.15) is 10.2 Å². The number of methoxy groups -OCH3 is 2. The Bertz CT molecular complexity index is 1850. The topological polar surface area (TPSA) is 135 Å². The molecule has 2 aromatic heterocycles. The number of likely N-dealkylation sites (tertiary alicyclic amines) is 2. The van der Waals surface area contributed by atoms with Crippen molar-refractivity contribution >= 4 is 46.1 Å². The van der Waals surface area contributed by atoms with E-state index >= 15 is 0 Å². The van der Waals surface area contributed by atoms with E-state index in [2.05, 4.69) is 15.3 Å². The molecule has 0 radical (unpaired) electrons. The Kier molecular flexibility index (Phi) is 10.7. The highest BCUT2D eigenvalue weighted by atomic mass is 35.5. The van der Waals surface area contributed by atoms with Gasteiger partial charge in [0.25, 0.3) is 17.4 Å². The maximum absolute atomic E-state index is 14.1. The number of fused-ring (bicyclic) bond motifs is 1. The summed E-state index contributed by atoms with van der Waals surface area (Å²) in [6.45, 7) is 3.55. The Balaban J connectivity index is 1.31. The molecule has 0 spiro atoms. The average Bonchev–Trinajstić information content (AvgIpc) is 3.07. The van der Waals surface area contributed by atoms with Crippen LogP contribution in [0.15, 0.2) is 34.8 Å². The normalized spacial score (nSPS) is 17.1. The van der Waals surface area contributed by atoms with Crippen LogP contribution in [0, 0.1) is 11.3 Å². The standard InChI is InChI=1S/C33H37Cl2F2N7O5/c1-32(2,43-17-33(36,37)18-43)14-20(15-38)29(45)42-8-6-21(7-9-42)49-11-10-44-28-19(16-40-31(39-3)41-28)12-22(30(44)46)25-26(34)23(47-4)13-24(48-5)27(25)35/h12-14,16,21H,6-11,17-18H2,1-5H3,(H,39,40,41). The van der Waals surface area contributed by atoms with Gasteiger partial charge >= 0.3 is 0 Å². The molecule has 2 saturated heterocycles. The molecule has 2 aliphatic rings. The van der Waals surface area contributed by atoms with Gasteiger partial charge in [0, 0.05) is 48.9 Å². The van der Waals surface area contributed by atoms with E-state index in [1.54, 1.807) is 38.1 Å². The van der Waals surface area contributed by atoms with Crippen molar-refractivity contribution in [2.24, 2.45) is 0 Å². The van der Waals surface area contributed by atoms with Crippen molar-refractivity contribution in [3.05, 3.63) is 50.4 Å². The van der Waals surface area contributed by atoms with Crippen molar-refractivity contribution in [1.29, 1.82) is 5.26 Å². The first-order valence-corrected chi connectivity index (χ1v) is 16.3. The Hall–Kier alpha value is -4.03. The van der Waals surface area contributed by atoms with Gasteiger partial charge < -0.3 is 24.4 Å². The Morgan fingerprint density at radius 2 is 1.80 bits per heavy atom. The predicted octanol–water partition coefficient (Wildman–Crippen LogP) is 5.01. The lowest BCUT2D eigenvalue weighted by atomic mass is 9.93. The molecule has 0 atom stereocenters. The van der Waals surface area contributed by atoms with Gasteiger partial charge in [0.2, 0.25) is 5.95 Å². The van der Waals surface area contributed by atoms with Gasteiger partial charge in [0.1, 0.15) is 28.8 Å². The largest absolute Gasteiger partial charge is 0.495 e. The average molecular weight is 721 g/mol. The van der Waals surface area contributed by atoms with Crippen molar-refractivity contribution in [2.75, 3.05) is 59.4 Å². The zero-order chi connectivity index (χ0) is 35.7. The number of amides is 1. The molecule has 12 nitrogen and oxygen atoms in total. The molecular formula is C33H37Cl2F2N7O5.